The number of benzene rings is 1. The second-order valence-electron chi connectivity index (χ2n) is 4.84. The largest absolute Gasteiger partial charge is 0.310 e. The minimum absolute atomic E-state index is 0.452. The second-order valence-corrected chi connectivity index (χ2v) is 5.94. The summed E-state index contributed by atoms with van der Waals surface area (Å²) in [5, 5.41) is 3.44. The molecule has 0 aliphatic carbocycles. The molecule has 0 aliphatic heterocycles. The lowest BCUT2D eigenvalue weighted by molar-refractivity contribution is 0.554. The van der Waals surface area contributed by atoms with Crippen LogP contribution in [0.15, 0.2) is 29.2 Å². The molecule has 0 radical (unpaired) electrons. The van der Waals surface area contributed by atoms with Gasteiger partial charge in [0.1, 0.15) is 0 Å². The third-order valence-corrected chi connectivity index (χ3v) is 4.77. The maximum atomic E-state index is 3.44. The van der Waals surface area contributed by atoms with Gasteiger partial charge in [0.05, 0.1) is 0 Å². The molecule has 0 aromatic heterocycles. The van der Waals surface area contributed by atoms with Crippen LogP contribution >= 0.6 is 11.8 Å². The number of hydrogen-bond acceptors (Lipinski definition) is 2. The summed E-state index contributed by atoms with van der Waals surface area (Å²) in [4.78, 5) is 1.40. The predicted octanol–water partition coefficient (Wildman–Crippen LogP) is 4.89. The smallest absolute Gasteiger partial charge is 0.0291 e. The third kappa shape index (κ3) is 5.03. The molecule has 0 fully saturated rings. The molecule has 0 aliphatic rings. The second kappa shape index (κ2) is 8.60. The lowest BCUT2D eigenvalue weighted by Crippen LogP contribution is -2.17. The first-order chi connectivity index (χ1) is 8.71. The van der Waals surface area contributed by atoms with E-state index in [1.165, 1.54) is 29.1 Å². The molecule has 1 aromatic carbocycles. The summed E-state index contributed by atoms with van der Waals surface area (Å²) in [6, 6.07) is 9.48. The summed E-state index contributed by atoms with van der Waals surface area (Å²) < 4.78 is 0. The molecule has 18 heavy (non-hydrogen) atoms. The van der Waals surface area contributed by atoms with Gasteiger partial charge in [-0.05, 0) is 37.1 Å². The molecule has 0 heterocycles. The van der Waals surface area contributed by atoms with Gasteiger partial charge in [-0.15, -0.1) is 11.8 Å². The van der Waals surface area contributed by atoms with E-state index in [1.54, 1.807) is 0 Å². The summed E-state index contributed by atoms with van der Waals surface area (Å²) >= 11 is 1.99. The van der Waals surface area contributed by atoms with E-state index in [0.717, 1.165) is 12.5 Å². The molecule has 102 valence electrons. The Hall–Kier alpha value is -0.470. The first-order valence-electron chi connectivity index (χ1n) is 7.17. The van der Waals surface area contributed by atoms with Gasteiger partial charge in [-0.2, -0.15) is 0 Å². The van der Waals surface area contributed by atoms with Crippen molar-refractivity contribution in [3.63, 3.8) is 0 Å². The van der Waals surface area contributed by atoms with Crippen LogP contribution in [0.2, 0.25) is 0 Å². The zero-order valence-corrected chi connectivity index (χ0v) is 13.0. The Labute approximate surface area is 117 Å². The van der Waals surface area contributed by atoms with Crippen molar-refractivity contribution in [2.45, 2.75) is 51.5 Å². The number of thioether (sulfide) groups is 1. The van der Waals surface area contributed by atoms with Gasteiger partial charge in [0.15, 0.2) is 0 Å². The lowest BCUT2D eigenvalue weighted by atomic mass is 10.1. The van der Waals surface area contributed by atoms with Crippen LogP contribution < -0.4 is 5.32 Å². The highest BCUT2D eigenvalue weighted by atomic mass is 32.2. The molecular weight excluding hydrogens is 238 g/mol. The SMILES string of the molecule is CCNC(C)c1ccc(SCC(CC)CC)cc1. The topological polar surface area (TPSA) is 12.0 Å². The van der Waals surface area contributed by atoms with Crippen molar-refractivity contribution < 1.29 is 0 Å². The fraction of sp³-hybridized carbons (Fsp3) is 0.625. The van der Waals surface area contributed by atoms with Crippen LogP contribution in [0, 0.1) is 5.92 Å². The number of rotatable bonds is 8. The van der Waals surface area contributed by atoms with E-state index in [0.29, 0.717) is 6.04 Å². The van der Waals surface area contributed by atoms with Gasteiger partial charge in [-0.1, -0.05) is 45.7 Å². The van der Waals surface area contributed by atoms with Crippen LogP contribution in [0.4, 0.5) is 0 Å². The van der Waals surface area contributed by atoms with E-state index in [-0.39, 0.29) is 0 Å². The Morgan fingerprint density at radius 3 is 2.17 bits per heavy atom. The molecule has 0 bridgehead atoms. The van der Waals surface area contributed by atoms with Crippen LogP contribution in [0.1, 0.15) is 52.1 Å². The highest BCUT2D eigenvalue weighted by Gasteiger charge is 2.06. The molecule has 0 saturated heterocycles. The molecule has 1 unspecified atom stereocenters. The van der Waals surface area contributed by atoms with Crippen LogP contribution in [0.5, 0.6) is 0 Å². The first kappa shape index (κ1) is 15.6. The standard InChI is InChI=1S/C16H27NS/c1-5-14(6-2)12-18-16-10-8-15(9-11-16)13(4)17-7-3/h8-11,13-14,17H,5-7,12H2,1-4H3. The number of nitrogens with one attached hydrogen (secondary N) is 1. The van der Waals surface area contributed by atoms with Crippen LogP contribution in [0.3, 0.4) is 0 Å². The Morgan fingerprint density at radius 2 is 1.67 bits per heavy atom. The van der Waals surface area contributed by atoms with E-state index >= 15 is 0 Å². The summed E-state index contributed by atoms with van der Waals surface area (Å²) in [5.41, 5.74) is 1.38. The average molecular weight is 265 g/mol. The van der Waals surface area contributed by atoms with E-state index in [9.17, 15) is 0 Å². The summed E-state index contributed by atoms with van der Waals surface area (Å²) in [7, 11) is 0. The van der Waals surface area contributed by atoms with Crippen molar-refractivity contribution in [3.8, 4) is 0 Å². The van der Waals surface area contributed by atoms with Gasteiger partial charge in [0.25, 0.3) is 0 Å². The third-order valence-electron chi connectivity index (χ3n) is 3.53. The highest BCUT2D eigenvalue weighted by molar-refractivity contribution is 7.99. The van der Waals surface area contributed by atoms with E-state index in [4.69, 9.17) is 0 Å². The van der Waals surface area contributed by atoms with E-state index < -0.39 is 0 Å². The number of hydrogen-bond donors (Lipinski definition) is 1. The Bertz CT molecular complexity index is 316. The quantitative estimate of drug-likeness (QED) is 0.672. The van der Waals surface area contributed by atoms with Crippen LogP contribution in [-0.4, -0.2) is 12.3 Å². The Kier molecular flexibility index (Phi) is 7.45. The van der Waals surface area contributed by atoms with Gasteiger partial charge >= 0.3 is 0 Å². The van der Waals surface area contributed by atoms with E-state index in [1.807, 2.05) is 11.8 Å². The van der Waals surface area contributed by atoms with Crippen molar-refractivity contribution in [1.82, 2.24) is 5.32 Å². The van der Waals surface area contributed by atoms with E-state index in [2.05, 4.69) is 57.3 Å². The Balaban J connectivity index is 2.49. The zero-order chi connectivity index (χ0) is 13.4. The lowest BCUT2D eigenvalue weighted by Gasteiger charge is -2.14. The fourth-order valence-corrected chi connectivity index (χ4v) is 3.24. The molecule has 1 aromatic rings. The van der Waals surface area contributed by atoms with Gasteiger partial charge in [0, 0.05) is 16.7 Å². The average Bonchev–Trinajstić information content (AvgIpc) is 2.41. The van der Waals surface area contributed by atoms with Gasteiger partial charge in [0.2, 0.25) is 0 Å². The molecule has 1 nitrogen and oxygen atoms in total. The molecule has 0 spiro atoms. The maximum absolute atomic E-state index is 3.44. The minimum atomic E-state index is 0.452. The minimum Gasteiger partial charge on any atom is -0.310 e. The summed E-state index contributed by atoms with van der Waals surface area (Å²) in [6.45, 7) is 9.96. The molecule has 0 amide bonds. The monoisotopic (exact) mass is 265 g/mol. The van der Waals surface area contributed by atoms with Gasteiger partial charge in [-0.25, -0.2) is 0 Å². The normalized spacial score (nSPS) is 12.9. The summed E-state index contributed by atoms with van der Waals surface area (Å²) in [6.07, 6.45) is 2.58. The van der Waals surface area contributed by atoms with Crippen LogP contribution in [-0.2, 0) is 0 Å². The van der Waals surface area contributed by atoms with Crippen molar-refractivity contribution in [1.29, 1.82) is 0 Å². The van der Waals surface area contributed by atoms with Gasteiger partial charge < -0.3 is 5.32 Å². The van der Waals surface area contributed by atoms with Crippen molar-refractivity contribution in [3.05, 3.63) is 29.8 Å². The van der Waals surface area contributed by atoms with Crippen LogP contribution in [0.25, 0.3) is 0 Å². The van der Waals surface area contributed by atoms with Crippen molar-refractivity contribution in [2.24, 2.45) is 5.92 Å². The molecule has 2 heteroatoms. The van der Waals surface area contributed by atoms with Gasteiger partial charge in [-0.3, -0.25) is 0 Å². The molecule has 1 N–H and O–H groups in total. The van der Waals surface area contributed by atoms with Crippen molar-refractivity contribution >= 4 is 11.8 Å². The first-order valence-corrected chi connectivity index (χ1v) is 8.15. The van der Waals surface area contributed by atoms with Crippen molar-refractivity contribution in [2.75, 3.05) is 12.3 Å². The predicted molar refractivity (Wildman–Crippen MR) is 83.3 cm³/mol. The fourth-order valence-electron chi connectivity index (χ4n) is 2.02. The molecule has 0 saturated carbocycles. The molecular formula is C16H27NS. The summed E-state index contributed by atoms with van der Waals surface area (Å²) in [5.74, 6) is 2.10. The Morgan fingerprint density at radius 1 is 1.06 bits per heavy atom. The molecule has 1 rings (SSSR count). The highest BCUT2D eigenvalue weighted by Crippen LogP contribution is 2.25. The zero-order valence-electron chi connectivity index (χ0n) is 12.2. The molecule has 1 atom stereocenters. The maximum Gasteiger partial charge on any atom is 0.0291 e.